The molecule has 0 spiro atoms. The number of imide groups is 1. The predicted molar refractivity (Wildman–Crippen MR) is 90.2 cm³/mol. The molecule has 3 amide bonds. The van der Waals surface area contributed by atoms with Gasteiger partial charge < -0.3 is 4.90 Å². The van der Waals surface area contributed by atoms with Crippen molar-refractivity contribution in [2.75, 3.05) is 32.7 Å². The second kappa shape index (κ2) is 8.10. The van der Waals surface area contributed by atoms with Crippen molar-refractivity contribution in [1.29, 1.82) is 0 Å². The van der Waals surface area contributed by atoms with E-state index in [1.807, 2.05) is 4.90 Å². The molecular formula is C18H29N3O3. The molecule has 0 aromatic heterocycles. The Bertz CT molecular complexity index is 470. The molecular weight excluding hydrogens is 306 g/mol. The van der Waals surface area contributed by atoms with Gasteiger partial charge in [-0.2, -0.15) is 0 Å². The fraction of sp³-hybridized carbons (Fsp3) is 0.833. The van der Waals surface area contributed by atoms with Crippen molar-refractivity contribution in [3.8, 4) is 0 Å². The summed E-state index contributed by atoms with van der Waals surface area (Å²) in [5.74, 6) is -0.176. The van der Waals surface area contributed by atoms with Gasteiger partial charge in [0.2, 0.25) is 17.7 Å². The Morgan fingerprint density at radius 1 is 0.917 bits per heavy atom. The molecule has 134 valence electrons. The van der Waals surface area contributed by atoms with Crippen LogP contribution in [0.3, 0.4) is 0 Å². The van der Waals surface area contributed by atoms with Crippen molar-refractivity contribution in [3.63, 3.8) is 0 Å². The van der Waals surface area contributed by atoms with Crippen LogP contribution in [-0.4, -0.2) is 71.2 Å². The minimum absolute atomic E-state index is 0.0852. The second-order valence-electron chi connectivity index (χ2n) is 7.28. The topological polar surface area (TPSA) is 60.9 Å². The molecule has 0 bridgehead atoms. The van der Waals surface area contributed by atoms with E-state index in [9.17, 15) is 14.4 Å². The van der Waals surface area contributed by atoms with Gasteiger partial charge in [0.25, 0.3) is 0 Å². The summed E-state index contributed by atoms with van der Waals surface area (Å²) in [4.78, 5) is 41.6. The predicted octanol–water partition coefficient (Wildman–Crippen LogP) is 1.39. The zero-order valence-corrected chi connectivity index (χ0v) is 14.5. The van der Waals surface area contributed by atoms with Crippen molar-refractivity contribution in [1.82, 2.24) is 14.7 Å². The minimum Gasteiger partial charge on any atom is -0.341 e. The first-order valence-electron chi connectivity index (χ1n) is 9.50. The van der Waals surface area contributed by atoms with Crippen molar-refractivity contribution in [2.45, 2.75) is 63.8 Å². The molecule has 1 atom stereocenters. The summed E-state index contributed by atoms with van der Waals surface area (Å²) >= 11 is 0. The standard InChI is InChI=1S/C18H29N3O3/c22-16(9-13-21-17(23)7-8-18(21)24)20-12-5-6-15(14-20)19-10-3-1-2-4-11-19/h15H,1-14H2. The number of hydrogen-bond acceptors (Lipinski definition) is 4. The molecule has 0 aliphatic carbocycles. The number of hydrogen-bond donors (Lipinski definition) is 0. The smallest absolute Gasteiger partial charge is 0.229 e. The Morgan fingerprint density at radius 2 is 1.58 bits per heavy atom. The van der Waals surface area contributed by atoms with Gasteiger partial charge in [-0.25, -0.2) is 0 Å². The second-order valence-corrected chi connectivity index (χ2v) is 7.28. The first-order chi connectivity index (χ1) is 11.6. The molecule has 24 heavy (non-hydrogen) atoms. The third kappa shape index (κ3) is 4.15. The van der Waals surface area contributed by atoms with Crippen LogP contribution in [0.15, 0.2) is 0 Å². The lowest BCUT2D eigenvalue weighted by Gasteiger charge is -2.39. The van der Waals surface area contributed by atoms with Crippen LogP contribution < -0.4 is 0 Å². The molecule has 0 radical (unpaired) electrons. The molecule has 3 aliphatic rings. The van der Waals surface area contributed by atoms with Crippen molar-refractivity contribution in [3.05, 3.63) is 0 Å². The SMILES string of the molecule is O=C(CCN1C(=O)CCC1=O)N1CCCC(N2CCCCCC2)C1. The van der Waals surface area contributed by atoms with Crippen LogP contribution in [0.25, 0.3) is 0 Å². The van der Waals surface area contributed by atoms with E-state index in [-0.39, 0.29) is 30.7 Å². The van der Waals surface area contributed by atoms with Gasteiger partial charge in [-0.05, 0) is 38.8 Å². The van der Waals surface area contributed by atoms with Gasteiger partial charge in [-0.15, -0.1) is 0 Å². The average molecular weight is 335 g/mol. The molecule has 3 saturated heterocycles. The van der Waals surface area contributed by atoms with E-state index in [2.05, 4.69) is 4.90 Å². The summed E-state index contributed by atoms with van der Waals surface area (Å²) in [6.45, 7) is 4.18. The van der Waals surface area contributed by atoms with Gasteiger partial charge in [0, 0.05) is 44.9 Å². The van der Waals surface area contributed by atoms with Gasteiger partial charge >= 0.3 is 0 Å². The van der Waals surface area contributed by atoms with Crippen LogP contribution in [0, 0.1) is 0 Å². The Kier molecular flexibility index (Phi) is 5.87. The third-order valence-electron chi connectivity index (χ3n) is 5.61. The van der Waals surface area contributed by atoms with Gasteiger partial charge in [0.05, 0.1) is 0 Å². The van der Waals surface area contributed by atoms with E-state index in [4.69, 9.17) is 0 Å². The van der Waals surface area contributed by atoms with Crippen LogP contribution in [0.4, 0.5) is 0 Å². The van der Waals surface area contributed by atoms with E-state index in [0.29, 0.717) is 18.9 Å². The third-order valence-corrected chi connectivity index (χ3v) is 5.61. The van der Waals surface area contributed by atoms with Crippen molar-refractivity contribution >= 4 is 17.7 Å². The highest BCUT2D eigenvalue weighted by Gasteiger charge is 2.31. The summed E-state index contributed by atoms with van der Waals surface area (Å²) < 4.78 is 0. The molecule has 3 heterocycles. The monoisotopic (exact) mass is 335 g/mol. The number of carbonyl (C=O) groups is 3. The number of piperidine rings is 1. The minimum atomic E-state index is -0.131. The molecule has 0 aromatic carbocycles. The highest BCUT2D eigenvalue weighted by molar-refractivity contribution is 6.02. The van der Waals surface area contributed by atoms with Gasteiger partial charge in [-0.1, -0.05) is 12.8 Å². The van der Waals surface area contributed by atoms with Crippen LogP contribution >= 0.6 is 0 Å². The highest BCUT2D eigenvalue weighted by atomic mass is 16.2. The summed E-state index contributed by atoms with van der Waals surface area (Å²) in [6, 6.07) is 0.482. The lowest BCUT2D eigenvalue weighted by atomic mass is 10.0. The van der Waals surface area contributed by atoms with Gasteiger partial charge in [0.1, 0.15) is 0 Å². The van der Waals surface area contributed by atoms with E-state index < -0.39 is 0 Å². The molecule has 0 aromatic rings. The van der Waals surface area contributed by atoms with Gasteiger partial charge in [0.15, 0.2) is 0 Å². The van der Waals surface area contributed by atoms with Crippen LogP contribution in [0.2, 0.25) is 0 Å². The van der Waals surface area contributed by atoms with E-state index in [1.165, 1.54) is 37.0 Å². The maximum absolute atomic E-state index is 12.5. The first-order valence-corrected chi connectivity index (χ1v) is 9.50. The summed E-state index contributed by atoms with van der Waals surface area (Å²) in [7, 11) is 0. The molecule has 1 unspecified atom stereocenters. The van der Waals surface area contributed by atoms with Crippen LogP contribution in [-0.2, 0) is 14.4 Å². The lowest BCUT2D eigenvalue weighted by Crippen LogP contribution is -2.50. The summed E-state index contributed by atoms with van der Waals surface area (Å²) in [5, 5.41) is 0. The molecule has 0 N–H and O–H groups in total. The Labute approximate surface area is 144 Å². The number of nitrogens with zero attached hydrogens (tertiary/aromatic N) is 3. The molecule has 0 saturated carbocycles. The first kappa shape index (κ1) is 17.4. The molecule has 6 nitrogen and oxygen atoms in total. The Morgan fingerprint density at radius 3 is 2.25 bits per heavy atom. The van der Waals surface area contributed by atoms with Crippen LogP contribution in [0.5, 0.6) is 0 Å². The zero-order chi connectivity index (χ0) is 16.9. The largest absolute Gasteiger partial charge is 0.341 e. The van der Waals surface area contributed by atoms with Crippen molar-refractivity contribution in [2.24, 2.45) is 0 Å². The normalized spacial score (nSPS) is 26.8. The van der Waals surface area contributed by atoms with Crippen molar-refractivity contribution < 1.29 is 14.4 Å². The molecule has 3 aliphatic heterocycles. The van der Waals surface area contributed by atoms with E-state index in [0.717, 1.165) is 32.6 Å². The highest BCUT2D eigenvalue weighted by Crippen LogP contribution is 2.21. The lowest BCUT2D eigenvalue weighted by molar-refractivity contribution is -0.139. The Balaban J connectivity index is 1.49. The number of carbonyl (C=O) groups excluding carboxylic acids is 3. The number of likely N-dealkylation sites (tertiary alicyclic amines) is 3. The Hall–Kier alpha value is -1.43. The average Bonchev–Trinajstić information content (AvgIpc) is 2.81. The fourth-order valence-electron chi connectivity index (χ4n) is 4.18. The summed E-state index contributed by atoms with van der Waals surface area (Å²) in [6.07, 6.45) is 8.27. The maximum atomic E-state index is 12.5. The number of rotatable bonds is 4. The zero-order valence-electron chi connectivity index (χ0n) is 14.5. The molecule has 3 rings (SSSR count). The van der Waals surface area contributed by atoms with E-state index in [1.54, 1.807) is 0 Å². The summed E-state index contributed by atoms with van der Waals surface area (Å²) in [5.41, 5.74) is 0. The molecule has 6 heteroatoms. The number of amides is 3. The molecule has 3 fully saturated rings. The van der Waals surface area contributed by atoms with E-state index >= 15 is 0 Å². The fourth-order valence-corrected chi connectivity index (χ4v) is 4.18. The maximum Gasteiger partial charge on any atom is 0.229 e. The van der Waals surface area contributed by atoms with Gasteiger partial charge in [-0.3, -0.25) is 24.2 Å². The quantitative estimate of drug-likeness (QED) is 0.729. The van der Waals surface area contributed by atoms with Crippen LogP contribution in [0.1, 0.15) is 57.8 Å².